The fraction of sp³-hybridized carbons (Fsp3) is 0.130. The highest BCUT2D eigenvalue weighted by Crippen LogP contribution is 2.15. The van der Waals surface area contributed by atoms with Crippen LogP contribution >= 0.6 is 0 Å². The second-order valence-corrected chi connectivity index (χ2v) is 6.49. The number of hydrogen-bond donors (Lipinski definition) is 3. The van der Waals surface area contributed by atoms with Crippen LogP contribution in [0.5, 0.6) is 0 Å². The van der Waals surface area contributed by atoms with Gasteiger partial charge < -0.3 is 16.0 Å². The van der Waals surface area contributed by atoms with Gasteiger partial charge in [-0.2, -0.15) is 0 Å². The number of para-hydroxylation sites is 1. The summed E-state index contributed by atoms with van der Waals surface area (Å²) >= 11 is 0. The smallest absolute Gasteiger partial charge is 0.243 e. The molecule has 0 atom stereocenters. The van der Waals surface area contributed by atoms with E-state index < -0.39 is 5.82 Å². The Kier molecular flexibility index (Phi) is 6.95. The molecule has 0 fully saturated rings. The highest BCUT2D eigenvalue weighted by atomic mass is 19.1. The van der Waals surface area contributed by atoms with E-state index in [1.165, 1.54) is 6.07 Å². The summed E-state index contributed by atoms with van der Waals surface area (Å²) in [5.74, 6) is -0.778. The SMILES string of the molecule is O=C(CCc1ccccc1)Nc1ccc(NC(=O)CNc2ccccc2F)cc1. The number of benzene rings is 3. The molecule has 29 heavy (non-hydrogen) atoms. The lowest BCUT2D eigenvalue weighted by Crippen LogP contribution is -2.22. The molecule has 0 aliphatic carbocycles. The van der Waals surface area contributed by atoms with Crippen LogP contribution in [-0.2, 0) is 16.0 Å². The maximum absolute atomic E-state index is 13.5. The van der Waals surface area contributed by atoms with E-state index in [1.807, 2.05) is 30.3 Å². The van der Waals surface area contributed by atoms with Crippen LogP contribution in [-0.4, -0.2) is 18.4 Å². The maximum atomic E-state index is 13.5. The van der Waals surface area contributed by atoms with E-state index in [4.69, 9.17) is 0 Å². The van der Waals surface area contributed by atoms with Crippen molar-refractivity contribution in [1.29, 1.82) is 0 Å². The van der Waals surface area contributed by atoms with Crippen LogP contribution in [0.25, 0.3) is 0 Å². The number of aryl methyl sites for hydroxylation is 1. The Morgan fingerprint density at radius 1 is 0.724 bits per heavy atom. The fourth-order valence-electron chi connectivity index (χ4n) is 2.75. The largest absolute Gasteiger partial charge is 0.374 e. The van der Waals surface area contributed by atoms with Crippen LogP contribution in [0, 0.1) is 5.82 Å². The fourth-order valence-corrected chi connectivity index (χ4v) is 2.75. The number of anilines is 3. The van der Waals surface area contributed by atoms with Crippen molar-refractivity contribution in [1.82, 2.24) is 0 Å². The molecule has 3 aromatic carbocycles. The molecule has 0 aromatic heterocycles. The molecular weight excluding hydrogens is 369 g/mol. The van der Waals surface area contributed by atoms with Crippen molar-refractivity contribution in [3.63, 3.8) is 0 Å². The van der Waals surface area contributed by atoms with Crippen LogP contribution in [0.4, 0.5) is 21.5 Å². The maximum Gasteiger partial charge on any atom is 0.243 e. The highest BCUT2D eigenvalue weighted by Gasteiger charge is 2.06. The Bertz CT molecular complexity index is 959. The van der Waals surface area contributed by atoms with Gasteiger partial charge >= 0.3 is 0 Å². The predicted molar refractivity (Wildman–Crippen MR) is 113 cm³/mol. The molecule has 0 heterocycles. The Labute approximate surface area is 169 Å². The lowest BCUT2D eigenvalue weighted by atomic mass is 10.1. The van der Waals surface area contributed by atoms with E-state index in [0.717, 1.165) is 5.56 Å². The molecule has 3 N–H and O–H groups in total. The van der Waals surface area contributed by atoms with Crippen LogP contribution in [0.1, 0.15) is 12.0 Å². The van der Waals surface area contributed by atoms with E-state index in [0.29, 0.717) is 24.2 Å². The van der Waals surface area contributed by atoms with Crippen molar-refractivity contribution in [3.8, 4) is 0 Å². The molecule has 0 aliphatic heterocycles. The molecule has 6 heteroatoms. The Morgan fingerprint density at radius 3 is 1.97 bits per heavy atom. The molecule has 0 radical (unpaired) electrons. The Morgan fingerprint density at radius 2 is 1.31 bits per heavy atom. The topological polar surface area (TPSA) is 70.2 Å². The summed E-state index contributed by atoms with van der Waals surface area (Å²) in [4.78, 5) is 24.1. The third-order valence-electron chi connectivity index (χ3n) is 4.25. The molecule has 0 saturated carbocycles. The van der Waals surface area contributed by atoms with Crippen molar-refractivity contribution >= 4 is 28.9 Å². The second-order valence-electron chi connectivity index (χ2n) is 6.49. The monoisotopic (exact) mass is 391 g/mol. The second kappa shape index (κ2) is 10.0. The van der Waals surface area contributed by atoms with Crippen molar-refractivity contribution in [2.45, 2.75) is 12.8 Å². The summed E-state index contributed by atoms with van der Waals surface area (Å²) < 4.78 is 13.5. The number of hydrogen-bond acceptors (Lipinski definition) is 3. The van der Waals surface area contributed by atoms with E-state index >= 15 is 0 Å². The van der Waals surface area contributed by atoms with E-state index in [1.54, 1.807) is 42.5 Å². The summed E-state index contributed by atoms with van der Waals surface area (Å²) in [6, 6.07) is 22.8. The zero-order valence-electron chi connectivity index (χ0n) is 15.8. The van der Waals surface area contributed by atoms with Gasteiger partial charge in [0, 0.05) is 17.8 Å². The number of amides is 2. The number of halogens is 1. The quantitative estimate of drug-likeness (QED) is 0.531. The first-order chi connectivity index (χ1) is 14.1. The van der Waals surface area contributed by atoms with Crippen LogP contribution in [0.2, 0.25) is 0 Å². The molecule has 0 aliphatic rings. The number of rotatable bonds is 8. The van der Waals surface area contributed by atoms with Gasteiger partial charge in [0.2, 0.25) is 11.8 Å². The average molecular weight is 391 g/mol. The molecular formula is C23H22FN3O2. The van der Waals surface area contributed by atoms with Crippen LogP contribution in [0.15, 0.2) is 78.9 Å². The van der Waals surface area contributed by atoms with E-state index in [2.05, 4.69) is 16.0 Å². The molecule has 0 bridgehead atoms. The van der Waals surface area contributed by atoms with Gasteiger partial charge in [0.1, 0.15) is 5.82 Å². The van der Waals surface area contributed by atoms with Gasteiger partial charge in [0.25, 0.3) is 0 Å². The third-order valence-corrected chi connectivity index (χ3v) is 4.25. The van der Waals surface area contributed by atoms with Gasteiger partial charge in [-0.25, -0.2) is 4.39 Å². The number of carbonyl (C=O) groups is 2. The zero-order valence-corrected chi connectivity index (χ0v) is 15.8. The van der Waals surface area contributed by atoms with Crippen LogP contribution < -0.4 is 16.0 Å². The average Bonchev–Trinajstić information content (AvgIpc) is 2.74. The standard InChI is InChI=1S/C23H22FN3O2/c24-20-8-4-5-9-21(20)25-16-23(29)27-19-13-11-18(12-14-19)26-22(28)15-10-17-6-2-1-3-7-17/h1-9,11-14,25H,10,15-16H2,(H,26,28)(H,27,29). The van der Waals surface area contributed by atoms with Gasteiger partial charge in [-0.1, -0.05) is 42.5 Å². The summed E-state index contributed by atoms with van der Waals surface area (Å²) in [5.41, 5.74) is 2.64. The van der Waals surface area contributed by atoms with Gasteiger partial charge in [-0.3, -0.25) is 9.59 Å². The van der Waals surface area contributed by atoms with Gasteiger partial charge in [-0.05, 0) is 48.4 Å². The molecule has 148 valence electrons. The first-order valence-electron chi connectivity index (χ1n) is 9.32. The number of carbonyl (C=O) groups excluding carboxylic acids is 2. The van der Waals surface area contributed by atoms with Crippen molar-refractivity contribution in [2.75, 3.05) is 22.5 Å². The lowest BCUT2D eigenvalue weighted by molar-refractivity contribution is -0.116. The Hall–Kier alpha value is -3.67. The molecule has 5 nitrogen and oxygen atoms in total. The predicted octanol–water partition coefficient (Wildman–Crippen LogP) is 4.45. The van der Waals surface area contributed by atoms with Gasteiger partial charge in [-0.15, -0.1) is 0 Å². The zero-order chi connectivity index (χ0) is 20.5. The van der Waals surface area contributed by atoms with Crippen molar-refractivity contribution in [2.24, 2.45) is 0 Å². The highest BCUT2D eigenvalue weighted by molar-refractivity contribution is 5.94. The third kappa shape index (κ3) is 6.46. The Balaban J connectivity index is 1.44. The van der Waals surface area contributed by atoms with Crippen molar-refractivity contribution in [3.05, 3.63) is 90.2 Å². The minimum absolute atomic E-state index is 0.0566. The molecule has 2 amide bonds. The van der Waals surface area contributed by atoms with Crippen molar-refractivity contribution < 1.29 is 14.0 Å². The van der Waals surface area contributed by atoms with E-state index in [-0.39, 0.29) is 24.0 Å². The summed E-state index contributed by atoms with van der Waals surface area (Å²) in [6.45, 7) is -0.0566. The number of nitrogens with one attached hydrogen (secondary N) is 3. The minimum Gasteiger partial charge on any atom is -0.374 e. The first kappa shape index (κ1) is 20.1. The molecule has 0 saturated heterocycles. The molecule has 3 rings (SSSR count). The summed E-state index contributed by atoms with van der Waals surface area (Å²) in [7, 11) is 0. The summed E-state index contributed by atoms with van der Waals surface area (Å²) in [5, 5.41) is 8.32. The normalized spacial score (nSPS) is 10.2. The summed E-state index contributed by atoms with van der Waals surface area (Å²) in [6.07, 6.45) is 1.07. The molecule has 0 unspecified atom stereocenters. The van der Waals surface area contributed by atoms with E-state index in [9.17, 15) is 14.0 Å². The van der Waals surface area contributed by atoms with Crippen LogP contribution in [0.3, 0.4) is 0 Å². The lowest BCUT2D eigenvalue weighted by Gasteiger charge is -2.10. The van der Waals surface area contributed by atoms with Gasteiger partial charge in [0.05, 0.1) is 12.2 Å². The molecule has 0 spiro atoms. The molecule has 3 aromatic rings. The van der Waals surface area contributed by atoms with Gasteiger partial charge in [0.15, 0.2) is 0 Å². The minimum atomic E-state index is -0.410. The first-order valence-corrected chi connectivity index (χ1v) is 9.32.